The SMILES string of the molecule is O=C(O)c1ccc(F)c(NCc2ccc(Cl)c(Cl)c2)c1. The summed E-state index contributed by atoms with van der Waals surface area (Å²) in [5, 5.41) is 12.5. The number of carbonyl (C=O) groups is 1. The first-order valence-corrected chi connectivity index (χ1v) is 6.43. The van der Waals surface area contributed by atoms with Crippen LogP contribution in [0.5, 0.6) is 0 Å². The summed E-state index contributed by atoms with van der Waals surface area (Å²) in [6, 6.07) is 8.62. The van der Waals surface area contributed by atoms with E-state index in [1.54, 1.807) is 18.2 Å². The second-order valence-corrected chi connectivity index (χ2v) is 4.92. The monoisotopic (exact) mass is 313 g/mol. The third-order valence-electron chi connectivity index (χ3n) is 2.68. The Bertz CT molecular complexity index is 662. The largest absolute Gasteiger partial charge is 0.478 e. The van der Waals surface area contributed by atoms with Crippen LogP contribution in [0.1, 0.15) is 15.9 Å². The zero-order valence-corrected chi connectivity index (χ0v) is 11.7. The Kier molecular flexibility index (Phi) is 4.47. The molecule has 0 bridgehead atoms. The van der Waals surface area contributed by atoms with Crippen LogP contribution in [0.4, 0.5) is 10.1 Å². The number of hydrogen-bond acceptors (Lipinski definition) is 2. The van der Waals surface area contributed by atoms with E-state index in [1.807, 2.05) is 0 Å². The lowest BCUT2D eigenvalue weighted by atomic mass is 10.1. The van der Waals surface area contributed by atoms with Gasteiger partial charge in [-0.05, 0) is 35.9 Å². The van der Waals surface area contributed by atoms with E-state index in [-0.39, 0.29) is 11.3 Å². The summed E-state index contributed by atoms with van der Waals surface area (Å²) in [5.74, 6) is -1.63. The van der Waals surface area contributed by atoms with Crippen molar-refractivity contribution in [1.82, 2.24) is 0 Å². The molecule has 0 saturated heterocycles. The maximum atomic E-state index is 13.6. The van der Waals surface area contributed by atoms with Crippen molar-refractivity contribution in [3.63, 3.8) is 0 Å². The van der Waals surface area contributed by atoms with Gasteiger partial charge in [0.25, 0.3) is 0 Å². The third kappa shape index (κ3) is 3.40. The van der Waals surface area contributed by atoms with E-state index in [2.05, 4.69) is 5.32 Å². The van der Waals surface area contributed by atoms with Gasteiger partial charge in [-0.25, -0.2) is 9.18 Å². The highest BCUT2D eigenvalue weighted by atomic mass is 35.5. The summed E-state index contributed by atoms with van der Waals surface area (Å²) in [6.45, 7) is 0.302. The molecule has 0 aromatic heterocycles. The third-order valence-corrected chi connectivity index (χ3v) is 3.42. The van der Waals surface area contributed by atoms with Crippen LogP contribution in [-0.4, -0.2) is 11.1 Å². The van der Waals surface area contributed by atoms with Crippen molar-refractivity contribution in [2.75, 3.05) is 5.32 Å². The van der Waals surface area contributed by atoms with E-state index in [4.69, 9.17) is 28.3 Å². The van der Waals surface area contributed by atoms with Gasteiger partial charge in [0.1, 0.15) is 5.82 Å². The molecular formula is C14H10Cl2FNO2. The smallest absolute Gasteiger partial charge is 0.335 e. The molecule has 2 N–H and O–H groups in total. The quantitative estimate of drug-likeness (QED) is 0.877. The Hall–Kier alpha value is -1.78. The number of hydrogen-bond donors (Lipinski definition) is 2. The number of carboxylic acids is 1. The van der Waals surface area contributed by atoms with Crippen molar-refractivity contribution in [3.05, 3.63) is 63.4 Å². The molecule has 6 heteroatoms. The van der Waals surface area contributed by atoms with E-state index in [0.29, 0.717) is 16.6 Å². The van der Waals surface area contributed by atoms with Crippen LogP contribution in [0.15, 0.2) is 36.4 Å². The summed E-state index contributed by atoms with van der Waals surface area (Å²) in [4.78, 5) is 10.8. The molecule has 2 aromatic carbocycles. The number of aromatic carboxylic acids is 1. The van der Waals surface area contributed by atoms with Crippen molar-refractivity contribution in [2.45, 2.75) is 6.54 Å². The highest BCUT2D eigenvalue weighted by molar-refractivity contribution is 6.42. The Morgan fingerprint density at radius 2 is 1.90 bits per heavy atom. The van der Waals surface area contributed by atoms with Crippen LogP contribution in [0.25, 0.3) is 0 Å². The minimum atomic E-state index is -1.11. The van der Waals surface area contributed by atoms with Gasteiger partial charge < -0.3 is 10.4 Å². The van der Waals surface area contributed by atoms with Gasteiger partial charge in [0.05, 0.1) is 21.3 Å². The second-order valence-electron chi connectivity index (χ2n) is 4.10. The maximum absolute atomic E-state index is 13.6. The summed E-state index contributed by atoms with van der Waals surface area (Å²) in [6.07, 6.45) is 0. The van der Waals surface area contributed by atoms with Crippen LogP contribution in [0, 0.1) is 5.82 Å². The van der Waals surface area contributed by atoms with Crippen LogP contribution in [-0.2, 0) is 6.54 Å². The van der Waals surface area contributed by atoms with E-state index in [9.17, 15) is 9.18 Å². The lowest BCUT2D eigenvalue weighted by Crippen LogP contribution is -2.04. The topological polar surface area (TPSA) is 49.3 Å². The number of anilines is 1. The second kappa shape index (κ2) is 6.11. The van der Waals surface area contributed by atoms with Crippen molar-refractivity contribution in [3.8, 4) is 0 Å². The molecular weight excluding hydrogens is 304 g/mol. The van der Waals surface area contributed by atoms with Crippen molar-refractivity contribution >= 4 is 34.9 Å². The van der Waals surface area contributed by atoms with Crippen molar-refractivity contribution < 1.29 is 14.3 Å². The summed E-state index contributed by atoms with van der Waals surface area (Å²) < 4.78 is 13.6. The van der Waals surface area contributed by atoms with Gasteiger partial charge in [0, 0.05) is 6.54 Å². The molecule has 0 saturated carbocycles. The Labute approximate surface area is 124 Å². The predicted octanol–water partition coefficient (Wildman–Crippen LogP) is 4.44. The number of halogens is 3. The molecule has 0 heterocycles. The van der Waals surface area contributed by atoms with Crippen LogP contribution >= 0.6 is 23.2 Å². The fraction of sp³-hybridized carbons (Fsp3) is 0.0714. The Balaban J connectivity index is 2.15. The maximum Gasteiger partial charge on any atom is 0.335 e. The molecule has 0 atom stereocenters. The molecule has 0 fully saturated rings. The molecule has 0 aliphatic heterocycles. The standard InChI is InChI=1S/C14H10Cl2FNO2/c15-10-3-1-8(5-11(10)16)7-18-13-6-9(14(19)20)2-4-12(13)17/h1-6,18H,7H2,(H,19,20). The number of carboxylic acid groups (broad SMARTS) is 1. The molecule has 0 unspecified atom stereocenters. The minimum Gasteiger partial charge on any atom is -0.478 e. The molecule has 0 radical (unpaired) electrons. The van der Waals surface area contributed by atoms with Gasteiger partial charge in [-0.3, -0.25) is 0 Å². The van der Waals surface area contributed by atoms with Crippen molar-refractivity contribution in [1.29, 1.82) is 0 Å². The Morgan fingerprint density at radius 1 is 1.15 bits per heavy atom. The van der Waals surface area contributed by atoms with Gasteiger partial charge in [-0.2, -0.15) is 0 Å². The van der Waals surface area contributed by atoms with Crippen molar-refractivity contribution in [2.24, 2.45) is 0 Å². The molecule has 0 aliphatic rings. The zero-order chi connectivity index (χ0) is 14.7. The normalized spacial score (nSPS) is 10.3. The Morgan fingerprint density at radius 3 is 2.55 bits per heavy atom. The zero-order valence-electron chi connectivity index (χ0n) is 10.2. The molecule has 104 valence electrons. The predicted molar refractivity (Wildman–Crippen MR) is 77.1 cm³/mol. The van der Waals surface area contributed by atoms with Gasteiger partial charge >= 0.3 is 5.97 Å². The van der Waals surface area contributed by atoms with Crippen LogP contribution in [0.3, 0.4) is 0 Å². The highest BCUT2D eigenvalue weighted by Crippen LogP contribution is 2.23. The van der Waals surface area contributed by atoms with Crippen LogP contribution in [0.2, 0.25) is 10.0 Å². The van der Waals surface area contributed by atoms with Gasteiger partial charge in [-0.15, -0.1) is 0 Å². The fourth-order valence-electron chi connectivity index (χ4n) is 1.64. The lowest BCUT2D eigenvalue weighted by Gasteiger charge is -2.09. The number of rotatable bonds is 4. The molecule has 2 rings (SSSR count). The van der Waals surface area contributed by atoms with Crippen LogP contribution < -0.4 is 5.32 Å². The average molecular weight is 314 g/mol. The minimum absolute atomic E-state index is 0.0167. The summed E-state index contributed by atoms with van der Waals surface area (Å²) in [5.41, 5.74) is 0.943. The molecule has 20 heavy (non-hydrogen) atoms. The lowest BCUT2D eigenvalue weighted by molar-refractivity contribution is 0.0697. The molecule has 0 amide bonds. The summed E-state index contributed by atoms with van der Waals surface area (Å²) in [7, 11) is 0. The highest BCUT2D eigenvalue weighted by Gasteiger charge is 2.08. The first-order chi connectivity index (χ1) is 9.47. The van der Waals surface area contributed by atoms with E-state index >= 15 is 0 Å². The van der Waals surface area contributed by atoms with Gasteiger partial charge in [-0.1, -0.05) is 29.3 Å². The number of nitrogens with one attached hydrogen (secondary N) is 1. The van der Waals surface area contributed by atoms with E-state index in [0.717, 1.165) is 11.6 Å². The molecule has 0 spiro atoms. The average Bonchev–Trinajstić information content (AvgIpc) is 2.41. The van der Waals surface area contributed by atoms with Gasteiger partial charge in [0.15, 0.2) is 0 Å². The molecule has 3 nitrogen and oxygen atoms in total. The summed E-state index contributed by atoms with van der Waals surface area (Å²) >= 11 is 11.7. The molecule has 2 aromatic rings. The van der Waals surface area contributed by atoms with Gasteiger partial charge in [0.2, 0.25) is 0 Å². The fourth-order valence-corrected chi connectivity index (χ4v) is 1.96. The first kappa shape index (κ1) is 14.6. The molecule has 0 aliphatic carbocycles. The van der Waals surface area contributed by atoms with E-state index < -0.39 is 11.8 Å². The number of benzene rings is 2. The first-order valence-electron chi connectivity index (χ1n) is 5.68. The van der Waals surface area contributed by atoms with E-state index in [1.165, 1.54) is 12.1 Å².